The molecular weight excluding hydrogens is 1570 g/mol. The molecule has 2 aromatic carbocycles. The summed E-state index contributed by atoms with van der Waals surface area (Å²) >= 11 is 9.53. The van der Waals surface area contributed by atoms with Gasteiger partial charge in [0.05, 0.1) is 12.8 Å². The standard InChI is InChI=1S/2C17H17N3O.2C3H8N2O.C2HF3O2.3HI.2Pt/c2*21-17(11-13-5-8-18-9-6-13)19-10-7-14-12-20-16-4-2-1-3-15(14)16;2*4-1-3(6)2-5;3-2(4,5)1(6)7;;;;;/h2*1-6,8-9,12,20H,7,10-11H2,(H,19,21);2*3-6H,1-2H2;(H,6,7);3*1H;;/q;;2*-2;;;;;+1;+4/p-4. The molecule has 0 unspecified atom stereocenters. The number of fused-ring (bicyclic) bond motifs is 2. The second-order valence-corrected chi connectivity index (χ2v) is 29.5. The van der Waals surface area contributed by atoms with Crippen LogP contribution < -0.4 is 15.7 Å². The molecule has 0 aliphatic heterocycles. The van der Waals surface area contributed by atoms with E-state index in [1.54, 1.807) is 24.8 Å². The number of nitrogens with zero attached hydrogens (tertiary/aromatic N) is 2. The van der Waals surface area contributed by atoms with E-state index in [0.29, 0.717) is 37.1 Å². The molecule has 4 heterocycles. The van der Waals surface area contributed by atoms with E-state index in [9.17, 15) is 22.8 Å². The zero-order valence-electron chi connectivity index (χ0n) is 34.9. The molecule has 2 amide bonds. The van der Waals surface area contributed by atoms with E-state index in [2.05, 4.69) is 129 Å². The van der Waals surface area contributed by atoms with Gasteiger partial charge in [0.15, 0.2) is 0 Å². The first-order chi connectivity index (χ1) is 31.6. The molecule has 6 rings (SSSR count). The second kappa shape index (κ2) is 39.2. The van der Waals surface area contributed by atoms with E-state index in [1.807, 2.05) is 60.9 Å². The number of aromatic nitrogens is 4. The summed E-state index contributed by atoms with van der Waals surface area (Å²) in [5.41, 5.74) is 32.4. The number of rotatable bonds is 14. The van der Waals surface area contributed by atoms with Gasteiger partial charge in [-0.05, 0) is 71.5 Å². The molecule has 0 saturated heterocycles. The third kappa shape index (κ3) is 29.3. The summed E-state index contributed by atoms with van der Waals surface area (Å²) in [5.74, 6) is -2.92. The number of hydrogen-bond donors (Lipinski definition) is 6. The predicted molar refractivity (Wildman–Crippen MR) is 268 cm³/mol. The van der Waals surface area contributed by atoms with Crippen LogP contribution in [0.25, 0.3) is 44.7 Å². The van der Waals surface area contributed by atoms with Crippen LogP contribution in [-0.2, 0) is 67.4 Å². The molecule has 16 nitrogen and oxygen atoms in total. The van der Waals surface area contributed by atoms with E-state index in [1.165, 1.54) is 21.9 Å². The molecule has 0 radical (unpaired) electrons. The Kier molecular flexibility index (Phi) is 37.6. The quantitative estimate of drug-likeness (QED) is 0.0584. The van der Waals surface area contributed by atoms with Crippen molar-refractivity contribution in [2.24, 2.45) is 0 Å². The molecule has 0 atom stereocenters. The number of aromatic amines is 2. The zero-order valence-corrected chi connectivity index (χ0v) is 46.0. The number of hydrogen-bond acceptors (Lipinski definition) is 8. The number of para-hydroxylation sites is 2. The van der Waals surface area contributed by atoms with Crippen molar-refractivity contribution in [2.75, 3.05) is 39.3 Å². The Labute approximate surface area is 432 Å². The average molecular weight is 1620 g/mol. The third-order valence-corrected chi connectivity index (χ3v) is 8.18. The van der Waals surface area contributed by atoms with Crippen LogP contribution in [0.5, 0.6) is 0 Å². The normalized spacial score (nSPS) is 10.2. The minimum absolute atomic E-state index is 0.0426. The van der Waals surface area contributed by atoms with Crippen LogP contribution in [0, 0.1) is 0 Å². The third-order valence-electron chi connectivity index (χ3n) is 8.18. The number of aliphatic hydroxyl groups is 2. The summed E-state index contributed by atoms with van der Waals surface area (Å²) in [6.07, 6.45) is 6.63. The van der Waals surface area contributed by atoms with E-state index in [-0.39, 0.29) is 38.0 Å². The minimum atomic E-state index is -5.19. The first-order valence-corrected chi connectivity index (χ1v) is 38.5. The Hall–Kier alpha value is -2.65. The van der Waals surface area contributed by atoms with Crippen LogP contribution in [0.2, 0.25) is 0 Å². The fourth-order valence-corrected chi connectivity index (χ4v) is 4.99. The molecule has 0 aliphatic rings. The molecule has 0 spiro atoms. The SMILES string of the molecule is O=C(Cc1ccncc1)NCCc1c[nH]c2ccccc12.O=C(Cc1ccncc1)NCCc1c[nH]c2ccccc12.O=C([O-])C(F)(F)F.[I][Pt+2][I].[I][Pt].[NH-]CC(O)C[NH-].[NH-]CC(O)C[NH-]. The molecular formula is C42H50F3I3N10O6Pt2-3. The zero-order chi connectivity index (χ0) is 49.8. The number of H-pyrrole nitrogens is 2. The number of alkyl halides is 3. The van der Waals surface area contributed by atoms with Gasteiger partial charge in [-0.2, -0.15) is 13.2 Å². The van der Waals surface area contributed by atoms with Gasteiger partial charge in [-0.15, -0.1) is 26.2 Å². The summed E-state index contributed by atoms with van der Waals surface area (Å²) in [5, 5.41) is 33.7. The van der Waals surface area contributed by atoms with Gasteiger partial charge in [-0.1, -0.05) is 36.4 Å². The minimum Gasteiger partial charge on any atom is -0.675 e. The Morgan fingerprint density at radius 3 is 1.24 bits per heavy atom. The van der Waals surface area contributed by atoms with Crippen molar-refractivity contribution in [2.45, 2.75) is 44.1 Å². The molecule has 66 heavy (non-hydrogen) atoms. The molecule has 0 saturated carbocycles. The van der Waals surface area contributed by atoms with Gasteiger partial charge >= 0.3 is 91.6 Å². The number of pyridine rings is 2. The Morgan fingerprint density at radius 2 is 0.970 bits per heavy atom. The van der Waals surface area contributed by atoms with Crippen molar-refractivity contribution in [3.05, 3.63) is 155 Å². The van der Waals surface area contributed by atoms with E-state index < -0.39 is 24.4 Å². The average Bonchev–Trinajstić information content (AvgIpc) is 3.94. The molecule has 0 fully saturated rings. The van der Waals surface area contributed by atoms with Gasteiger partial charge in [-0.25, -0.2) is 0 Å². The summed E-state index contributed by atoms with van der Waals surface area (Å²) < 4.78 is 31.5. The molecule has 0 bridgehead atoms. The van der Waals surface area contributed by atoms with E-state index in [0.717, 1.165) is 35.0 Å². The van der Waals surface area contributed by atoms with Crippen LogP contribution >= 0.6 is 58.1 Å². The van der Waals surface area contributed by atoms with Crippen LogP contribution in [0.1, 0.15) is 22.3 Å². The molecule has 6 aromatic rings. The first-order valence-electron chi connectivity index (χ1n) is 19.2. The van der Waals surface area contributed by atoms with Gasteiger partial charge in [0.25, 0.3) is 0 Å². The summed E-state index contributed by atoms with van der Waals surface area (Å²) in [4.78, 5) is 46.9. The molecule has 369 valence electrons. The van der Waals surface area contributed by atoms with Gasteiger partial charge < -0.3 is 63.7 Å². The van der Waals surface area contributed by atoms with E-state index in [4.69, 9.17) is 43.0 Å². The summed E-state index contributed by atoms with van der Waals surface area (Å²) in [6, 6.07) is 23.8. The van der Waals surface area contributed by atoms with Crippen LogP contribution in [-0.4, -0.2) is 106 Å². The number of carboxylic acid groups (broad SMARTS) is 1. The Bertz CT molecular complexity index is 2040. The number of carboxylic acids is 1. The monoisotopic (exact) mass is 1620 g/mol. The largest absolute Gasteiger partial charge is 0.675 e. The number of halogens is 6. The van der Waals surface area contributed by atoms with Crippen LogP contribution in [0.4, 0.5) is 13.2 Å². The smallest absolute Gasteiger partial charge is 0.0162 e. The molecule has 10 N–H and O–H groups in total. The van der Waals surface area contributed by atoms with Crippen molar-refractivity contribution in [3.8, 4) is 0 Å². The number of amides is 2. The number of aliphatic carboxylic acids is 1. The van der Waals surface area contributed by atoms with Crippen molar-refractivity contribution in [1.29, 1.82) is 0 Å². The van der Waals surface area contributed by atoms with Gasteiger partial charge in [0.1, 0.15) is 5.97 Å². The maximum Gasteiger partial charge on any atom is 0.0162 e. The second-order valence-electron chi connectivity index (χ2n) is 12.9. The number of aliphatic hydroxyl groups excluding tert-OH is 2. The molecule has 24 heteroatoms. The Balaban J connectivity index is 0.000000870. The fraction of sp³-hybridized carbons (Fsp3) is 0.310. The molecule has 4 aromatic heterocycles. The van der Waals surface area contributed by atoms with Crippen molar-refractivity contribution >= 4 is 97.6 Å². The summed E-state index contributed by atoms with van der Waals surface area (Å²) in [7, 11) is 0. The topological polar surface area (TPSA) is 291 Å². The Morgan fingerprint density at radius 1 is 0.667 bits per heavy atom. The van der Waals surface area contributed by atoms with Crippen LogP contribution in [0.3, 0.4) is 0 Å². The van der Waals surface area contributed by atoms with Crippen molar-refractivity contribution in [1.82, 2.24) is 30.6 Å². The molecule has 0 aliphatic carbocycles. The van der Waals surface area contributed by atoms with Gasteiger partial charge in [0, 0.05) is 84.3 Å². The number of carbonyl (C=O) groups excluding carboxylic acids is 3. The number of carbonyl (C=O) groups is 3. The van der Waals surface area contributed by atoms with Gasteiger partial charge in [-0.3, -0.25) is 19.6 Å². The van der Waals surface area contributed by atoms with Gasteiger partial charge in [0.2, 0.25) is 11.8 Å². The maximum atomic E-state index is 11.9. The first kappa shape index (κ1) is 63.3. The van der Waals surface area contributed by atoms with Crippen molar-refractivity contribution in [3.63, 3.8) is 0 Å². The number of nitrogens with one attached hydrogen (secondary N) is 8. The predicted octanol–water partition coefficient (Wildman–Crippen LogP) is 7.78. The van der Waals surface area contributed by atoms with Crippen molar-refractivity contribution < 1.29 is 70.2 Å². The van der Waals surface area contributed by atoms with E-state index >= 15 is 0 Å². The fourth-order valence-electron chi connectivity index (χ4n) is 4.99. The maximum absolute atomic E-state index is 11.9. The summed E-state index contributed by atoms with van der Waals surface area (Å²) in [6.45, 7) is 1.08. The van der Waals surface area contributed by atoms with Crippen LogP contribution in [0.15, 0.2) is 110 Å². The number of benzene rings is 2.